The highest BCUT2D eigenvalue weighted by molar-refractivity contribution is 7.89. The van der Waals surface area contributed by atoms with Crippen LogP contribution in [0.25, 0.3) is 0 Å². The first-order valence-corrected chi connectivity index (χ1v) is 10.2. The van der Waals surface area contributed by atoms with E-state index in [4.69, 9.17) is 0 Å². The van der Waals surface area contributed by atoms with Gasteiger partial charge in [-0.3, -0.25) is 4.98 Å². The Balaban J connectivity index is 1.59. The smallest absolute Gasteiger partial charge is 0.404 e. The molecule has 0 saturated carbocycles. The standard InChI is InChI=1S/C18H20F3N3O3S/c19-18(20,21)27-16-5-1-2-6-17(16)28(25,26)23-12-14-7-10-24(11-8-14)15-4-3-9-22-13-15/h1-6,9,13-14,23H,7-8,10-12H2. The molecule has 28 heavy (non-hydrogen) atoms. The summed E-state index contributed by atoms with van der Waals surface area (Å²) in [6, 6.07) is 8.53. The molecule has 0 amide bonds. The lowest BCUT2D eigenvalue weighted by molar-refractivity contribution is -0.275. The van der Waals surface area contributed by atoms with Gasteiger partial charge in [0.2, 0.25) is 10.0 Å². The van der Waals surface area contributed by atoms with Crippen LogP contribution in [-0.4, -0.2) is 39.4 Å². The average Bonchev–Trinajstić information content (AvgIpc) is 2.67. The first-order chi connectivity index (χ1) is 13.2. The van der Waals surface area contributed by atoms with Gasteiger partial charge in [0.05, 0.1) is 11.9 Å². The van der Waals surface area contributed by atoms with E-state index in [0.717, 1.165) is 43.8 Å². The molecule has 1 aliphatic heterocycles. The normalized spacial score (nSPS) is 16.2. The van der Waals surface area contributed by atoms with Crippen LogP contribution in [0.4, 0.5) is 18.9 Å². The molecular formula is C18H20F3N3O3S. The number of nitrogens with one attached hydrogen (secondary N) is 1. The van der Waals surface area contributed by atoms with E-state index in [9.17, 15) is 21.6 Å². The number of aromatic nitrogens is 1. The monoisotopic (exact) mass is 415 g/mol. The molecule has 1 N–H and O–H groups in total. The molecular weight excluding hydrogens is 395 g/mol. The van der Waals surface area contributed by atoms with Gasteiger partial charge in [0.1, 0.15) is 10.6 Å². The van der Waals surface area contributed by atoms with Crippen LogP contribution in [0, 0.1) is 5.92 Å². The third-order valence-corrected chi connectivity index (χ3v) is 6.01. The predicted molar refractivity (Wildman–Crippen MR) is 97.5 cm³/mol. The number of rotatable bonds is 6. The fourth-order valence-electron chi connectivity index (χ4n) is 3.12. The van der Waals surface area contributed by atoms with Gasteiger partial charge in [-0.25, -0.2) is 13.1 Å². The Morgan fingerprint density at radius 1 is 1.14 bits per heavy atom. The first-order valence-electron chi connectivity index (χ1n) is 8.74. The summed E-state index contributed by atoms with van der Waals surface area (Å²) >= 11 is 0. The van der Waals surface area contributed by atoms with Crippen molar-refractivity contribution in [3.63, 3.8) is 0 Å². The van der Waals surface area contributed by atoms with Crippen molar-refractivity contribution in [1.29, 1.82) is 0 Å². The van der Waals surface area contributed by atoms with E-state index >= 15 is 0 Å². The van der Waals surface area contributed by atoms with Crippen molar-refractivity contribution in [2.75, 3.05) is 24.5 Å². The topological polar surface area (TPSA) is 71.5 Å². The Morgan fingerprint density at radius 2 is 1.86 bits per heavy atom. The second-order valence-electron chi connectivity index (χ2n) is 6.49. The highest BCUT2D eigenvalue weighted by Gasteiger charge is 2.34. The predicted octanol–water partition coefficient (Wildman–Crippen LogP) is 3.18. The number of halogens is 3. The number of benzene rings is 1. The van der Waals surface area contributed by atoms with E-state index in [-0.39, 0.29) is 12.5 Å². The molecule has 1 aromatic carbocycles. The van der Waals surface area contributed by atoms with E-state index in [1.165, 1.54) is 12.1 Å². The van der Waals surface area contributed by atoms with E-state index in [1.807, 2.05) is 12.1 Å². The minimum Gasteiger partial charge on any atom is -0.404 e. The maximum atomic E-state index is 12.5. The van der Waals surface area contributed by atoms with Gasteiger partial charge in [-0.15, -0.1) is 13.2 Å². The summed E-state index contributed by atoms with van der Waals surface area (Å²) < 4.78 is 68.8. The number of ether oxygens (including phenoxy) is 1. The highest BCUT2D eigenvalue weighted by atomic mass is 32.2. The van der Waals surface area contributed by atoms with Crippen LogP contribution in [0.3, 0.4) is 0 Å². The minimum absolute atomic E-state index is 0.0957. The maximum Gasteiger partial charge on any atom is 0.573 e. The molecule has 6 nitrogen and oxygen atoms in total. The van der Waals surface area contributed by atoms with Crippen molar-refractivity contribution < 1.29 is 26.3 Å². The van der Waals surface area contributed by atoms with Crippen molar-refractivity contribution in [3.05, 3.63) is 48.8 Å². The minimum atomic E-state index is -4.97. The molecule has 0 radical (unpaired) electrons. The summed E-state index contributed by atoms with van der Waals surface area (Å²) in [5.41, 5.74) is 1.01. The number of sulfonamides is 1. The van der Waals surface area contributed by atoms with Gasteiger partial charge in [-0.05, 0) is 43.0 Å². The van der Waals surface area contributed by atoms with E-state index in [0.29, 0.717) is 0 Å². The van der Waals surface area contributed by atoms with Gasteiger partial charge in [0.25, 0.3) is 0 Å². The van der Waals surface area contributed by atoms with Gasteiger partial charge >= 0.3 is 6.36 Å². The number of piperidine rings is 1. The molecule has 152 valence electrons. The Morgan fingerprint density at radius 3 is 2.50 bits per heavy atom. The molecule has 2 heterocycles. The van der Waals surface area contributed by atoms with E-state index in [1.54, 1.807) is 12.4 Å². The lowest BCUT2D eigenvalue weighted by Crippen LogP contribution is -2.38. The Kier molecular flexibility index (Phi) is 6.09. The van der Waals surface area contributed by atoms with Gasteiger partial charge < -0.3 is 9.64 Å². The zero-order valence-corrected chi connectivity index (χ0v) is 15.7. The number of anilines is 1. The van der Waals surface area contributed by atoms with Crippen LogP contribution in [0.15, 0.2) is 53.7 Å². The molecule has 1 aromatic heterocycles. The number of alkyl halides is 3. The summed E-state index contributed by atoms with van der Waals surface area (Å²) in [7, 11) is -4.13. The molecule has 0 atom stereocenters. The number of nitrogens with zero attached hydrogens (tertiary/aromatic N) is 2. The number of hydrogen-bond donors (Lipinski definition) is 1. The molecule has 1 saturated heterocycles. The Labute approximate surface area is 161 Å². The average molecular weight is 415 g/mol. The van der Waals surface area contributed by atoms with Crippen LogP contribution < -0.4 is 14.4 Å². The lowest BCUT2D eigenvalue weighted by Gasteiger charge is -2.33. The second-order valence-corrected chi connectivity index (χ2v) is 8.22. The van der Waals surface area contributed by atoms with Crippen molar-refractivity contribution in [2.24, 2.45) is 5.92 Å². The van der Waals surface area contributed by atoms with Crippen LogP contribution in [0.5, 0.6) is 5.75 Å². The van der Waals surface area contributed by atoms with Crippen molar-refractivity contribution >= 4 is 15.7 Å². The molecule has 2 aromatic rings. The summed E-state index contributed by atoms with van der Waals surface area (Å²) in [6.45, 7) is 1.67. The Hall–Kier alpha value is -2.33. The molecule has 0 unspecified atom stereocenters. The fraction of sp³-hybridized carbons (Fsp3) is 0.389. The number of pyridine rings is 1. The molecule has 1 fully saturated rings. The first kappa shape index (κ1) is 20.4. The molecule has 0 aliphatic carbocycles. The SMILES string of the molecule is O=S(=O)(NCC1CCN(c2cccnc2)CC1)c1ccccc1OC(F)(F)F. The quantitative estimate of drug-likeness (QED) is 0.785. The van der Waals surface area contributed by atoms with E-state index < -0.39 is 27.0 Å². The van der Waals surface area contributed by atoms with Gasteiger partial charge in [-0.2, -0.15) is 0 Å². The van der Waals surface area contributed by atoms with Crippen molar-refractivity contribution in [1.82, 2.24) is 9.71 Å². The van der Waals surface area contributed by atoms with Crippen LogP contribution in [-0.2, 0) is 10.0 Å². The molecule has 3 rings (SSSR count). The van der Waals surface area contributed by atoms with E-state index in [2.05, 4.69) is 19.3 Å². The van der Waals surface area contributed by atoms with Crippen LogP contribution in [0.1, 0.15) is 12.8 Å². The largest absolute Gasteiger partial charge is 0.573 e. The Bertz CT molecular complexity index is 884. The molecule has 0 bridgehead atoms. The van der Waals surface area contributed by atoms with Crippen molar-refractivity contribution in [3.8, 4) is 5.75 Å². The molecule has 1 aliphatic rings. The van der Waals surface area contributed by atoms with Crippen molar-refractivity contribution in [2.45, 2.75) is 24.1 Å². The van der Waals surface area contributed by atoms with Gasteiger partial charge in [0, 0.05) is 25.8 Å². The number of hydrogen-bond acceptors (Lipinski definition) is 5. The molecule has 0 spiro atoms. The lowest BCUT2D eigenvalue weighted by atomic mass is 9.97. The van der Waals surface area contributed by atoms with Crippen LogP contribution >= 0.6 is 0 Å². The molecule has 10 heteroatoms. The summed E-state index contributed by atoms with van der Waals surface area (Å²) in [5, 5.41) is 0. The second kappa shape index (κ2) is 8.36. The zero-order valence-electron chi connectivity index (χ0n) is 14.9. The van der Waals surface area contributed by atoms with Crippen LogP contribution in [0.2, 0.25) is 0 Å². The third-order valence-electron chi connectivity index (χ3n) is 4.55. The van der Waals surface area contributed by atoms with Gasteiger partial charge in [0.15, 0.2) is 0 Å². The summed E-state index contributed by atoms with van der Waals surface area (Å²) in [6.07, 6.45) is 0.0347. The zero-order chi connectivity index (χ0) is 20.2. The maximum absolute atomic E-state index is 12.5. The fourth-order valence-corrected chi connectivity index (χ4v) is 4.37. The number of para-hydroxylation sites is 1. The third kappa shape index (κ3) is 5.35. The summed E-state index contributed by atoms with van der Waals surface area (Å²) in [4.78, 5) is 5.73. The highest BCUT2D eigenvalue weighted by Crippen LogP contribution is 2.29. The van der Waals surface area contributed by atoms with Gasteiger partial charge in [-0.1, -0.05) is 12.1 Å². The summed E-state index contributed by atoms with van der Waals surface area (Å²) in [5.74, 6) is -0.646.